The largest absolute Gasteiger partial charge is 0.396 e. The lowest BCUT2D eigenvalue weighted by Crippen LogP contribution is -2.63. The van der Waals surface area contributed by atoms with Crippen molar-refractivity contribution in [2.45, 2.75) is 71.0 Å². The summed E-state index contributed by atoms with van der Waals surface area (Å²) in [5.74, 6) is 0.113. The lowest BCUT2D eigenvalue weighted by atomic mass is 9.44. The zero-order valence-corrected chi connectivity index (χ0v) is 15.0. The summed E-state index contributed by atoms with van der Waals surface area (Å²) in [4.78, 5) is 0. The van der Waals surface area contributed by atoms with Crippen LogP contribution in [-0.4, -0.2) is 33.6 Å². The summed E-state index contributed by atoms with van der Waals surface area (Å²) >= 11 is 0. The smallest absolute Gasteiger partial charge is 0.0677 e. The molecule has 0 aromatic carbocycles. The van der Waals surface area contributed by atoms with Gasteiger partial charge in [-0.2, -0.15) is 0 Å². The highest BCUT2D eigenvalue weighted by molar-refractivity contribution is 5.15. The Bertz CT molecular complexity index is 470. The van der Waals surface area contributed by atoms with Crippen molar-refractivity contribution in [1.82, 2.24) is 0 Å². The van der Waals surface area contributed by atoms with Gasteiger partial charge >= 0.3 is 0 Å². The first-order valence-electron chi connectivity index (χ1n) is 8.92. The van der Waals surface area contributed by atoms with Crippen LogP contribution in [0.5, 0.6) is 0 Å². The summed E-state index contributed by atoms with van der Waals surface area (Å²) in [5, 5.41) is 31.9. The van der Waals surface area contributed by atoms with Crippen molar-refractivity contribution in [2.75, 3.05) is 6.61 Å². The Morgan fingerprint density at radius 1 is 1.26 bits per heavy atom. The van der Waals surface area contributed by atoms with Crippen LogP contribution >= 0.6 is 0 Å². The van der Waals surface area contributed by atoms with E-state index >= 15 is 0 Å². The van der Waals surface area contributed by atoms with Crippen molar-refractivity contribution < 1.29 is 15.3 Å². The minimum atomic E-state index is -0.889. The first-order chi connectivity index (χ1) is 10.6. The van der Waals surface area contributed by atoms with Gasteiger partial charge in [0.25, 0.3) is 0 Å². The molecule has 3 N–H and O–H groups in total. The second-order valence-electron chi connectivity index (χ2n) is 8.73. The standard InChI is InChI=1S/C20H34O3/c1-6-14(2)8-9-16-19(4)11-7-10-18(3,13-21)17(19)15(22)12-20(16,5)23/h6,15-17,21-23H,1-2,7-13H2,3-5H3/t15-,16-,17-,18-,19-,20+/m1/s1. The summed E-state index contributed by atoms with van der Waals surface area (Å²) < 4.78 is 0. The SMILES string of the molecule is C=CC(=C)CC[C@@H]1[C@@]2(C)CCC[C@](C)(CO)[C@H]2[C@H](O)C[C@]1(C)O. The number of aliphatic hydroxyl groups excluding tert-OH is 2. The third kappa shape index (κ3) is 3.16. The molecule has 0 amide bonds. The summed E-state index contributed by atoms with van der Waals surface area (Å²) in [5.41, 5.74) is -0.331. The highest BCUT2D eigenvalue weighted by Gasteiger charge is 2.61. The minimum Gasteiger partial charge on any atom is -0.396 e. The summed E-state index contributed by atoms with van der Waals surface area (Å²) in [7, 11) is 0. The highest BCUT2D eigenvalue weighted by Crippen LogP contribution is 2.63. The van der Waals surface area contributed by atoms with E-state index in [-0.39, 0.29) is 29.3 Å². The van der Waals surface area contributed by atoms with Crippen molar-refractivity contribution >= 4 is 0 Å². The second kappa shape index (κ2) is 6.34. The first kappa shape index (κ1) is 18.7. The van der Waals surface area contributed by atoms with Crippen molar-refractivity contribution in [1.29, 1.82) is 0 Å². The normalized spacial score (nSPS) is 47.0. The van der Waals surface area contributed by atoms with E-state index in [1.807, 2.05) is 6.92 Å². The molecule has 0 bridgehead atoms. The molecule has 2 aliphatic rings. The van der Waals surface area contributed by atoms with Crippen LogP contribution < -0.4 is 0 Å². The molecule has 0 aromatic heterocycles. The zero-order chi connectivity index (χ0) is 17.5. The molecule has 2 aliphatic carbocycles. The van der Waals surface area contributed by atoms with E-state index in [0.717, 1.165) is 37.7 Å². The molecule has 23 heavy (non-hydrogen) atoms. The molecular weight excluding hydrogens is 288 g/mol. The van der Waals surface area contributed by atoms with Crippen LogP contribution in [0.3, 0.4) is 0 Å². The second-order valence-corrected chi connectivity index (χ2v) is 8.73. The zero-order valence-electron chi connectivity index (χ0n) is 15.0. The number of fused-ring (bicyclic) bond motifs is 1. The molecule has 0 unspecified atom stereocenters. The Labute approximate surface area is 141 Å². The Hall–Kier alpha value is -0.640. The lowest BCUT2D eigenvalue weighted by molar-refractivity contribution is -0.223. The fourth-order valence-electron chi connectivity index (χ4n) is 5.92. The average molecular weight is 322 g/mol. The molecule has 6 atom stereocenters. The number of rotatable bonds is 5. The lowest BCUT2D eigenvalue weighted by Gasteiger charge is -2.63. The maximum absolute atomic E-state index is 11.1. The maximum Gasteiger partial charge on any atom is 0.0677 e. The molecule has 3 nitrogen and oxygen atoms in total. The van der Waals surface area contributed by atoms with Crippen molar-refractivity contribution in [3.05, 3.63) is 24.8 Å². The highest BCUT2D eigenvalue weighted by atomic mass is 16.3. The van der Waals surface area contributed by atoms with Crippen molar-refractivity contribution in [3.8, 4) is 0 Å². The third-order valence-electron chi connectivity index (χ3n) is 6.88. The minimum absolute atomic E-state index is 0.0240. The molecule has 0 heterocycles. The maximum atomic E-state index is 11.1. The van der Waals surface area contributed by atoms with Gasteiger partial charge < -0.3 is 15.3 Å². The predicted molar refractivity (Wildman–Crippen MR) is 93.9 cm³/mol. The molecule has 2 fully saturated rings. The van der Waals surface area contributed by atoms with E-state index in [4.69, 9.17) is 0 Å². The number of hydrogen-bond acceptors (Lipinski definition) is 3. The van der Waals surface area contributed by atoms with Gasteiger partial charge in [-0.15, -0.1) is 0 Å². The summed E-state index contributed by atoms with van der Waals surface area (Å²) in [6.07, 6.45) is 6.23. The number of allylic oxidation sites excluding steroid dienone is 2. The molecule has 0 aliphatic heterocycles. The quantitative estimate of drug-likeness (QED) is 0.680. The van der Waals surface area contributed by atoms with Crippen LogP contribution in [0.4, 0.5) is 0 Å². The van der Waals surface area contributed by atoms with Crippen LogP contribution in [0.15, 0.2) is 24.8 Å². The number of aliphatic hydroxyl groups is 3. The molecule has 0 spiro atoms. The molecule has 0 radical (unpaired) electrons. The van der Waals surface area contributed by atoms with Gasteiger partial charge in [-0.05, 0) is 55.3 Å². The van der Waals surface area contributed by atoms with Crippen LogP contribution in [0.1, 0.15) is 59.3 Å². The van der Waals surface area contributed by atoms with Crippen LogP contribution in [0.2, 0.25) is 0 Å². The monoisotopic (exact) mass is 322 g/mol. The molecule has 2 rings (SSSR count). The molecular formula is C20H34O3. The Kier molecular flexibility index (Phi) is 5.16. The average Bonchev–Trinajstić information content (AvgIpc) is 2.44. The fourth-order valence-corrected chi connectivity index (χ4v) is 5.92. The summed E-state index contributed by atoms with van der Waals surface area (Å²) in [6, 6.07) is 0. The fraction of sp³-hybridized carbons (Fsp3) is 0.800. The van der Waals surface area contributed by atoms with Gasteiger partial charge in [-0.3, -0.25) is 0 Å². The van der Waals surface area contributed by atoms with E-state index in [1.165, 1.54) is 0 Å². The Balaban J connectivity index is 2.38. The Morgan fingerprint density at radius 3 is 2.48 bits per heavy atom. The van der Waals surface area contributed by atoms with Gasteiger partial charge in [0.05, 0.1) is 11.7 Å². The Morgan fingerprint density at radius 2 is 1.91 bits per heavy atom. The van der Waals surface area contributed by atoms with Crippen molar-refractivity contribution in [3.63, 3.8) is 0 Å². The first-order valence-corrected chi connectivity index (χ1v) is 8.92. The van der Waals surface area contributed by atoms with Crippen LogP contribution in [0.25, 0.3) is 0 Å². The van der Waals surface area contributed by atoms with Crippen LogP contribution in [0, 0.1) is 22.7 Å². The van der Waals surface area contributed by atoms with E-state index in [0.29, 0.717) is 6.42 Å². The van der Waals surface area contributed by atoms with Crippen LogP contribution in [-0.2, 0) is 0 Å². The van der Waals surface area contributed by atoms with E-state index in [9.17, 15) is 15.3 Å². The molecule has 132 valence electrons. The predicted octanol–water partition coefficient (Wildman–Crippen LogP) is 3.45. The van der Waals surface area contributed by atoms with Gasteiger partial charge in [-0.25, -0.2) is 0 Å². The van der Waals surface area contributed by atoms with Crippen molar-refractivity contribution in [2.24, 2.45) is 22.7 Å². The molecule has 0 aromatic rings. The van der Waals surface area contributed by atoms with E-state index in [2.05, 4.69) is 27.0 Å². The van der Waals surface area contributed by atoms with Gasteiger partial charge in [-0.1, -0.05) is 45.1 Å². The molecule has 2 saturated carbocycles. The van der Waals surface area contributed by atoms with E-state index in [1.54, 1.807) is 6.08 Å². The molecule has 0 saturated heterocycles. The van der Waals surface area contributed by atoms with Gasteiger partial charge in [0, 0.05) is 13.0 Å². The number of hydrogen-bond donors (Lipinski definition) is 3. The third-order valence-corrected chi connectivity index (χ3v) is 6.88. The molecule has 3 heteroatoms. The van der Waals surface area contributed by atoms with Gasteiger partial charge in [0.1, 0.15) is 0 Å². The van der Waals surface area contributed by atoms with Gasteiger partial charge in [0.2, 0.25) is 0 Å². The van der Waals surface area contributed by atoms with E-state index < -0.39 is 11.7 Å². The summed E-state index contributed by atoms with van der Waals surface area (Å²) in [6.45, 7) is 14.0. The topological polar surface area (TPSA) is 60.7 Å². The van der Waals surface area contributed by atoms with Gasteiger partial charge in [0.15, 0.2) is 0 Å².